The first-order chi connectivity index (χ1) is 32.6. The van der Waals surface area contributed by atoms with Gasteiger partial charge in [-0.3, -0.25) is 0 Å². The van der Waals surface area contributed by atoms with E-state index < -0.39 is 0 Å². The Bertz CT molecular complexity index is 4120. The summed E-state index contributed by atoms with van der Waals surface area (Å²) in [5.74, 6) is 1.88. The van der Waals surface area contributed by atoms with Crippen LogP contribution in [0.4, 0.5) is 0 Å². The molecule has 14 rings (SSSR count). The van der Waals surface area contributed by atoms with E-state index in [0.717, 1.165) is 55.3 Å². The van der Waals surface area contributed by atoms with Crippen molar-refractivity contribution in [1.82, 2.24) is 19.5 Å². The first-order valence-corrected chi connectivity index (χ1v) is 23.1. The standard InChI is InChI=1S/C61H36N4S/c1-3-13-39-29-46(23-21-37(39)11-1)59-62-60(47-24-22-38-12-2-4-14-40(38)30-47)64-61(63-59)50-27-26-48(36-51(50)45-25-28-58-54(33-45)49-19-9-10-20-57(49)66-58)65-55-34-43-17-7-5-15-41(43)31-52(55)53-32-42-16-6-8-18-44(42)35-56(53)65/h1-36H. The summed E-state index contributed by atoms with van der Waals surface area (Å²) in [6.45, 7) is 0. The first-order valence-electron chi connectivity index (χ1n) is 22.3. The number of rotatable bonds is 5. The Morgan fingerprint density at radius 3 is 1.35 bits per heavy atom. The predicted octanol–water partition coefficient (Wildman–Crippen LogP) is 16.6. The van der Waals surface area contributed by atoms with Gasteiger partial charge in [-0.15, -0.1) is 11.3 Å². The quantitative estimate of drug-likeness (QED) is 0.173. The average Bonchev–Trinajstić information content (AvgIpc) is 3.90. The van der Waals surface area contributed by atoms with Crippen molar-refractivity contribution in [1.29, 1.82) is 0 Å². The minimum Gasteiger partial charge on any atom is -0.309 e. The molecular weight excluding hydrogens is 821 g/mol. The molecule has 5 heteroatoms. The maximum absolute atomic E-state index is 5.39. The van der Waals surface area contributed by atoms with Crippen molar-refractivity contribution in [3.05, 3.63) is 218 Å². The molecule has 0 atom stereocenters. The highest BCUT2D eigenvalue weighted by Gasteiger charge is 2.21. The molecule has 3 heterocycles. The molecule has 4 nitrogen and oxygen atoms in total. The van der Waals surface area contributed by atoms with Crippen molar-refractivity contribution in [2.75, 3.05) is 0 Å². The summed E-state index contributed by atoms with van der Waals surface area (Å²) in [6.07, 6.45) is 0. The Labute approximate surface area is 383 Å². The number of nitrogens with zero attached hydrogens (tertiary/aromatic N) is 4. The molecule has 0 amide bonds. The fraction of sp³-hybridized carbons (Fsp3) is 0. The van der Waals surface area contributed by atoms with Crippen molar-refractivity contribution in [2.24, 2.45) is 0 Å². The molecule has 0 aliphatic heterocycles. The molecule has 0 aliphatic carbocycles. The van der Waals surface area contributed by atoms with E-state index in [9.17, 15) is 0 Å². The maximum atomic E-state index is 5.39. The zero-order valence-corrected chi connectivity index (χ0v) is 36.3. The third kappa shape index (κ3) is 5.94. The lowest BCUT2D eigenvalue weighted by Gasteiger charge is -2.16. The average molecular weight is 857 g/mol. The lowest BCUT2D eigenvalue weighted by atomic mass is 9.96. The van der Waals surface area contributed by atoms with Crippen molar-refractivity contribution in [2.45, 2.75) is 0 Å². The first kappa shape index (κ1) is 36.9. The largest absolute Gasteiger partial charge is 0.309 e. The van der Waals surface area contributed by atoms with Crippen molar-refractivity contribution >= 4 is 96.4 Å². The van der Waals surface area contributed by atoms with Crippen LogP contribution < -0.4 is 0 Å². The van der Waals surface area contributed by atoms with Crippen molar-refractivity contribution in [3.63, 3.8) is 0 Å². The molecule has 0 saturated heterocycles. The van der Waals surface area contributed by atoms with Gasteiger partial charge in [0.15, 0.2) is 17.5 Å². The van der Waals surface area contributed by atoms with Crippen LogP contribution in [0.25, 0.3) is 136 Å². The lowest BCUT2D eigenvalue weighted by molar-refractivity contribution is 1.07. The molecule has 0 spiro atoms. The molecule has 0 unspecified atom stereocenters. The Morgan fingerprint density at radius 2 is 0.758 bits per heavy atom. The molecule has 66 heavy (non-hydrogen) atoms. The fourth-order valence-corrected chi connectivity index (χ4v) is 11.2. The maximum Gasteiger partial charge on any atom is 0.164 e. The summed E-state index contributed by atoms with van der Waals surface area (Å²) < 4.78 is 4.99. The van der Waals surface area contributed by atoms with Crippen LogP contribution in [0.1, 0.15) is 0 Å². The van der Waals surface area contributed by atoms with Crippen LogP contribution in [0.5, 0.6) is 0 Å². The van der Waals surface area contributed by atoms with Gasteiger partial charge >= 0.3 is 0 Å². The van der Waals surface area contributed by atoms with Gasteiger partial charge in [-0.1, -0.05) is 146 Å². The molecule has 0 N–H and O–H groups in total. The number of fused-ring (bicyclic) bond motifs is 10. The van der Waals surface area contributed by atoms with E-state index in [-0.39, 0.29) is 0 Å². The lowest BCUT2D eigenvalue weighted by Crippen LogP contribution is -2.02. The summed E-state index contributed by atoms with van der Waals surface area (Å²) in [4.78, 5) is 16.0. The highest BCUT2D eigenvalue weighted by Crippen LogP contribution is 2.42. The number of thiophene rings is 1. The molecule has 0 saturated carbocycles. The summed E-state index contributed by atoms with van der Waals surface area (Å²) in [6, 6.07) is 79.0. The van der Waals surface area contributed by atoms with Crippen LogP contribution in [0.15, 0.2) is 218 Å². The molecule has 3 aromatic heterocycles. The highest BCUT2D eigenvalue weighted by atomic mass is 32.1. The second-order valence-electron chi connectivity index (χ2n) is 17.2. The van der Waals surface area contributed by atoms with Crippen LogP contribution >= 0.6 is 11.3 Å². The number of benzene rings is 11. The second kappa shape index (κ2) is 14.5. The van der Waals surface area contributed by atoms with Gasteiger partial charge in [0, 0.05) is 53.3 Å². The number of hydrogen-bond donors (Lipinski definition) is 0. The van der Waals surface area contributed by atoms with Gasteiger partial charge in [-0.25, -0.2) is 15.0 Å². The molecule has 0 fully saturated rings. The van der Waals surface area contributed by atoms with E-state index in [2.05, 4.69) is 223 Å². The van der Waals surface area contributed by atoms with Gasteiger partial charge in [-0.2, -0.15) is 0 Å². The smallest absolute Gasteiger partial charge is 0.164 e. The van der Waals surface area contributed by atoms with Crippen LogP contribution in [-0.2, 0) is 0 Å². The molecular formula is C61H36N4S. The molecule has 14 aromatic rings. The van der Waals surface area contributed by atoms with E-state index >= 15 is 0 Å². The van der Waals surface area contributed by atoms with Gasteiger partial charge < -0.3 is 4.57 Å². The van der Waals surface area contributed by atoms with Crippen LogP contribution in [0, 0.1) is 0 Å². The minimum absolute atomic E-state index is 0.618. The van der Waals surface area contributed by atoms with Gasteiger partial charge in [0.2, 0.25) is 0 Å². The second-order valence-corrected chi connectivity index (χ2v) is 18.3. The number of hydrogen-bond acceptors (Lipinski definition) is 4. The molecule has 0 radical (unpaired) electrons. The van der Waals surface area contributed by atoms with Crippen molar-refractivity contribution < 1.29 is 0 Å². The van der Waals surface area contributed by atoms with E-state index in [0.29, 0.717) is 17.5 Å². The van der Waals surface area contributed by atoms with Crippen molar-refractivity contribution in [3.8, 4) is 51.0 Å². The zero-order valence-electron chi connectivity index (χ0n) is 35.5. The Morgan fingerprint density at radius 1 is 0.288 bits per heavy atom. The Balaban J connectivity index is 1.06. The topological polar surface area (TPSA) is 43.6 Å². The van der Waals surface area contributed by atoms with E-state index in [1.165, 1.54) is 63.3 Å². The van der Waals surface area contributed by atoms with Gasteiger partial charge in [0.25, 0.3) is 0 Å². The number of aromatic nitrogens is 4. The Kier molecular flexibility index (Phi) is 8.12. The van der Waals surface area contributed by atoms with Gasteiger partial charge in [0.1, 0.15) is 0 Å². The fourth-order valence-electron chi connectivity index (χ4n) is 10.1. The molecule has 306 valence electrons. The monoisotopic (exact) mass is 856 g/mol. The third-order valence-corrected chi connectivity index (χ3v) is 14.5. The van der Waals surface area contributed by atoms with E-state index in [1.807, 2.05) is 11.3 Å². The molecule has 0 bridgehead atoms. The summed E-state index contributed by atoms with van der Waals surface area (Å²) in [7, 11) is 0. The summed E-state index contributed by atoms with van der Waals surface area (Å²) >= 11 is 1.84. The van der Waals surface area contributed by atoms with E-state index in [4.69, 9.17) is 15.0 Å². The summed E-state index contributed by atoms with van der Waals surface area (Å²) in [5, 5.41) is 14.4. The molecule has 11 aromatic carbocycles. The normalized spacial score (nSPS) is 11.9. The van der Waals surface area contributed by atoms with Crippen LogP contribution in [-0.4, -0.2) is 19.5 Å². The predicted molar refractivity (Wildman–Crippen MR) is 279 cm³/mol. The van der Waals surface area contributed by atoms with E-state index in [1.54, 1.807) is 0 Å². The molecule has 0 aliphatic rings. The SMILES string of the molecule is c1ccc2cc(-c3nc(-c4ccc5ccccc5c4)nc(-c4ccc(-n5c6cc7ccccc7cc6c6cc7ccccc7cc65)cc4-c4ccc5sc6ccccc6c5c4)n3)ccc2c1. The van der Waals surface area contributed by atoms with Gasteiger partial charge in [0.05, 0.1) is 11.0 Å². The summed E-state index contributed by atoms with van der Waals surface area (Å²) in [5.41, 5.74) is 8.33. The third-order valence-electron chi connectivity index (χ3n) is 13.3. The van der Waals surface area contributed by atoms with Crippen LogP contribution in [0.3, 0.4) is 0 Å². The van der Waals surface area contributed by atoms with Gasteiger partial charge in [-0.05, 0) is 127 Å². The zero-order chi connectivity index (χ0) is 43.3. The van der Waals surface area contributed by atoms with Crippen LogP contribution in [0.2, 0.25) is 0 Å². The highest BCUT2D eigenvalue weighted by molar-refractivity contribution is 7.25. The Hall–Kier alpha value is -8.51. The minimum atomic E-state index is 0.618.